The topological polar surface area (TPSA) is 38.4 Å². The zero-order valence-corrected chi connectivity index (χ0v) is 10.2. The third kappa shape index (κ3) is 3.62. The number of nitrogens with two attached hydrogens (primary N) is 1. The first-order valence-electron chi connectivity index (χ1n) is 4.88. The van der Waals surface area contributed by atoms with E-state index in [2.05, 4.69) is 24.1 Å². The zero-order valence-electron chi connectivity index (χ0n) is 10.2. The van der Waals surface area contributed by atoms with E-state index in [1.54, 1.807) is 13.1 Å². The molecule has 0 bridgehead atoms. The Kier molecular flexibility index (Phi) is 5.66. The molecular formula is C14H18N2. The molecule has 16 heavy (non-hydrogen) atoms. The van der Waals surface area contributed by atoms with Gasteiger partial charge in [0.15, 0.2) is 0 Å². The highest BCUT2D eigenvalue weighted by Gasteiger charge is 2.07. The van der Waals surface area contributed by atoms with Crippen molar-refractivity contribution in [1.82, 2.24) is 0 Å². The van der Waals surface area contributed by atoms with Crippen LogP contribution in [0.3, 0.4) is 0 Å². The number of hydrogen-bond acceptors (Lipinski definition) is 1. The maximum atomic E-state index is 5.74. The lowest BCUT2D eigenvalue weighted by Crippen LogP contribution is -2.15. The summed E-state index contributed by atoms with van der Waals surface area (Å²) in [5, 5.41) is 0. The third-order valence-electron chi connectivity index (χ3n) is 2.06. The number of terminal acetylenes is 1. The minimum absolute atomic E-state index is 0.341. The van der Waals surface area contributed by atoms with Crippen molar-refractivity contribution in [3.05, 3.63) is 47.6 Å². The number of amidine groups is 1. The maximum absolute atomic E-state index is 5.74. The molecule has 0 amide bonds. The van der Waals surface area contributed by atoms with Crippen molar-refractivity contribution < 1.29 is 0 Å². The van der Waals surface area contributed by atoms with Crippen LogP contribution in [0.5, 0.6) is 0 Å². The highest BCUT2D eigenvalue weighted by molar-refractivity contribution is 6.02. The molecule has 0 saturated carbocycles. The van der Waals surface area contributed by atoms with Crippen LogP contribution in [-0.4, -0.2) is 12.9 Å². The fraction of sp³-hybridized carbons (Fsp3) is 0.214. The first kappa shape index (κ1) is 14.0. The van der Waals surface area contributed by atoms with E-state index in [1.807, 2.05) is 19.9 Å². The summed E-state index contributed by atoms with van der Waals surface area (Å²) in [6, 6.07) is 0. The lowest BCUT2D eigenvalue weighted by atomic mass is 9.99. The molecule has 0 rings (SSSR count). The van der Waals surface area contributed by atoms with Crippen LogP contribution in [0, 0.1) is 12.3 Å². The van der Waals surface area contributed by atoms with Gasteiger partial charge in [0.25, 0.3) is 0 Å². The van der Waals surface area contributed by atoms with Gasteiger partial charge in [0, 0.05) is 7.05 Å². The van der Waals surface area contributed by atoms with E-state index in [4.69, 9.17) is 12.2 Å². The number of hydrogen-bond donors (Lipinski definition) is 1. The van der Waals surface area contributed by atoms with Crippen molar-refractivity contribution in [3.63, 3.8) is 0 Å². The molecule has 2 heteroatoms. The Morgan fingerprint density at radius 3 is 2.31 bits per heavy atom. The van der Waals surface area contributed by atoms with E-state index in [9.17, 15) is 0 Å². The lowest BCUT2D eigenvalue weighted by Gasteiger charge is -2.07. The van der Waals surface area contributed by atoms with Crippen molar-refractivity contribution in [1.29, 1.82) is 0 Å². The molecule has 0 aromatic carbocycles. The van der Waals surface area contributed by atoms with E-state index < -0.39 is 0 Å². The Labute approximate surface area is 98.0 Å². The average molecular weight is 214 g/mol. The summed E-state index contributed by atoms with van der Waals surface area (Å²) in [7, 11) is 1.60. The monoisotopic (exact) mass is 214 g/mol. The highest BCUT2D eigenvalue weighted by atomic mass is 14.8. The number of rotatable bonds is 4. The first-order valence-corrected chi connectivity index (χ1v) is 4.88. The van der Waals surface area contributed by atoms with Gasteiger partial charge in [-0.15, -0.1) is 6.42 Å². The van der Waals surface area contributed by atoms with Crippen molar-refractivity contribution in [2.24, 2.45) is 10.7 Å². The molecule has 0 atom stereocenters. The Hall–Kier alpha value is -2.01. The van der Waals surface area contributed by atoms with Crippen LogP contribution in [0.15, 0.2) is 52.6 Å². The van der Waals surface area contributed by atoms with Gasteiger partial charge in [-0.3, -0.25) is 4.99 Å². The molecule has 0 aromatic heterocycles. The van der Waals surface area contributed by atoms with Crippen LogP contribution < -0.4 is 5.73 Å². The van der Waals surface area contributed by atoms with Crippen LogP contribution >= 0.6 is 0 Å². The summed E-state index contributed by atoms with van der Waals surface area (Å²) in [6.45, 7) is 11.4. The molecule has 84 valence electrons. The predicted octanol–water partition coefficient (Wildman–Crippen LogP) is 2.61. The molecule has 0 heterocycles. The van der Waals surface area contributed by atoms with Crippen molar-refractivity contribution in [2.45, 2.75) is 13.8 Å². The Bertz CT molecular complexity index is 426. The number of allylic oxidation sites excluding steroid dienone is 5. The van der Waals surface area contributed by atoms with Gasteiger partial charge >= 0.3 is 0 Å². The smallest absolute Gasteiger partial charge is 0.134 e. The van der Waals surface area contributed by atoms with Crippen LogP contribution in [-0.2, 0) is 0 Å². The van der Waals surface area contributed by atoms with Gasteiger partial charge in [-0.2, -0.15) is 0 Å². The summed E-state index contributed by atoms with van der Waals surface area (Å²) in [4.78, 5) is 3.89. The molecule has 0 aliphatic rings. The number of nitrogens with zero attached hydrogens (tertiary/aromatic N) is 1. The van der Waals surface area contributed by atoms with Crippen LogP contribution in [0.1, 0.15) is 13.8 Å². The molecule has 0 radical (unpaired) electrons. The molecule has 0 unspecified atom stereocenters. The molecule has 0 fully saturated rings. The average Bonchev–Trinajstić information content (AvgIpc) is 2.27. The fourth-order valence-electron chi connectivity index (χ4n) is 1.10. The standard InChI is InChI=1S/C14H18N2/c1-7-11(5)9-13(10(3)4)12(8-2)14(15)16-6/h2,7,9H,1,3H2,4-6H3,(H2,15,16)/b11-9-,13-12-. The van der Waals surface area contributed by atoms with E-state index in [0.717, 1.165) is 16.7 Å². The quantitative estimate of drug-likeness (QED) is 0.332. The Balaban J connectivity index is 5.84. The highest BCUT2D eigenvalue weighted by Crippen LogP contribution is 2.17. The predicted molar refractivity (Wildman–Crippen MR) is 72.2 cm³/mol. The molecule has 0 aromatic rings. The van der Waals surface area contributed by atoms with E-state index in [-0.39, 0.29) is 0 Å². The van der Waals surface area contributed by atoms with Crippen LogP contribution in [0.4, 0.5) is 0 Å². The van der Waals surface area contributed by atoms with Gasteiger partial charge < -0.3 is 5.73 Å². The van der Waals surface area contributed by atoms with Gasteiger partial charge in [-0.05, 0) is 25.0 Å². The molecule has 2 N–H and O–H groups in total. The second-order valence-electron chi connectivity index (χ2n) is 3.41. The van der Waals surface area contributed by atoms with Gasteiger partial charge in [0.1, 0.15) is 5.84 Å². The summed E-state index contributed by atoms with van der Waals surface area (Å²) < 4.78 is 0. The van der Waals surface area contributed by atoms with Gasteiger partial charge in [-0.25, -0.2) is 0 Å². The largest absolute Gasteiger partial charge is 0.383 e. The summed E-state index contributed by atoms with van der Waals surface area (Å²) in [5.74, 6) is 2.89. The van der Waals surface area contributed by atoms with E-state index >= 15 is 0 Å². The van der Waals surface area contributed by atoms with E-state index in [1.165, 1.54) is 0 Å². The minimum atomic E-state index is 0.341. The first-order chi connectivity index (χ1) is 7.47. The number of aliphatic imine (C=N–C) groups is 1. The van der Waals surface area contributed by atoms with Crippen LogP contribution in [0.2, 0.25) is 0 Å². The summed E-state index contributed by atoms with van der Waals surface area (Å²) >= 11 is 0. The summed E-state index contributed by atoms with van der Waals surface area (Å²) in [6.07, 6.45) is 9.09. The fourth-order valence-corrected chi connectivity index (χ4v) is 1.10. The van der Waals surface area contributed by atoms with Crippen molar-refractivity contribution in [3.8, 4) is 12.3 Å². The molecule has 2 nitrogen and oxygen atoms in total. The SMILES string of the molecule is C#C/C(C(N)=NC)=C(\C=C(\C)C=C)C(=C)C. The molecule has 0 saturated heterocycles. The molecular weight excluding hydrogens is 196 g/mol. The van der Waals surface area contributed by atoms with Crippen LogP contribution in [0.25, 0.3) is 0 Å². The second kappa shape index (κ2) is 6.47. The van der Waals surface area contributed by atoms with Crippen molar-refractivity contribution in [2.75, 3.05) is 7.05 Å². The molecule has 0 aliphatic carbocycles. The molecule has 0 aliphatic heterocycles. The maximum Gasteiger partial charge on any atom is 0.134 e. The minimum Gasteiger partial charge on any atom is -0.383 e. The van der Waals surface area contributed by atoms with Gasteiger partial charge in [0.2, 0.25) is 0 Å². The van der Waals surface area contributed by atoms with E-state index in [0.29, 0.717) is 11.4 Å². The Morgan fingerprint density at radius 1 is 1.44 bits per heavy atom. The van der Waals surface area contributed by atoms with Gasteiger partial charge in [0.05, 0.1) is 5.57 Å². The summed E-state index contributed by atoms with van der Waals surface area (Å²) in [5.41, 5.74) is 8.97. The van der Waals surface area contributed by atoms with Gasteiger partial charge in [-0.1, -0.05) is 36.8 Å². The molecule has 0 spiro atoms. The zero-order chi connectivity index (χ0) is 12.7. The third-order valence-corrected chi connectivity index (χ3v) is 2.06. The normalized spacial score (nSPS) is 13.9. The second-order valence-corrected chi connectivity index (χ2v) is 3.41. The van der Waals surface area contributed by atoms with Crippen molar-refractivity contribution >= 4 is 5.84 Å². The Morgan fingerprint density at radius 2 is 2.00 bits per heavy atom. The lowest BCUT2D eigenvalue weighted by molar-refractivity contribution is 1.35.